The Morgan fingerprint density at radius 1 is 1.07 bits per heavy atom. The predicted octanol–water partition coefficient (Wildman–Crippen LogP) is 0.570. The van der Waals surface area contributed by atoms with Gasteiger partial charge in [-0.05, 0) is 37.5 Å². The number of hydrogen-bond donors (Lipinski definition) is 2. The third-order valence-corrected chi connectivity index (χ3v) is 5.77. The summed E-state index contributed by atoms with van der Waals surface area (Å²) in [6, 6.07) is 4.23. The Bertz CT molecular complexity index is 909. The van der Waals surface area contributed by atoms with Crippen molar-refractivity contribution in [3.8, 4) is 0 Å². The third-order valence-electron chi connectivity index (χ3n) is 5.77. The van der Waals surface area contributed by atoms with Crippen LogP contribution in [0, 0.1) is 0 Å². The average molecular weight is 382 g/mol. The first-order valence-corrected chi connectivity index (χ1v) is 9.37. The predicted molar refractivity (Wildman–Crippen MR) is 102 cm³/mol. The van der Waals surface area contributed by atoms with Crippen molar-refractivity contribution < 1.29 is 19.2 Å². The molecule has 4 amide bonds. The highest BCUT2D eigenvalue weighted by molar-refractivity contribution is 6.23. The van der Waals surface area contributed by atoms with Crippen LogP contribution in [0.5, 0.6) is 0 Å². The number of nitrogens with two attached hydrogens (primary N) is 1. The molecule has 1 fully saturated rings. The number of amides is 4. The van der Waals surface area contributed by atoms with E-state index in [0.717, 1.165) is 23.4 Å². The van der Waals surface area contributed by atoms with Gasteiger partial charge in [-0.15, -0.1) is 0 Å². The molecule has 1 unspecified atom stereocenters. The summed E-state index contributed by atoms with van der Waals surface area (Å²) in [7, 11) is 1.92. The van der Waals surface area contributed by atoms with E-state index in [1.54, 1.807) is 18.2 Å². The monoisotopic (exact) mass is 382 g/mol. The van der Waals surface area contributed by atoms with Crippen molar-refractivity contribution >= 4 is 29.3 Å². The summed E-state index contributed by atoms with van der Waals surface area (Å²) in [6.07, 6.45) is 6.01. The largest absolute Gasteiger partial charge is 0.370 e. The Kier molecular flexibility index (Phi) is 4.50. The number of anilines is 1. The molecule has 0 aromatic heterocycles. The highest BCUT2D eigenvalue weighted by Gasteiger charge is 2.44. The maximum Gasteiger partial charge on any atom is 0.262 e. The number of piperidine rings is 1. The molecule has 8 heteroatoms. The average Bonchev–Trinajstić information content (AvgIpc) is 2.92. The second kappa shape index (κ2) is 6.87. The zero-order chi connectivity index (χ0) is 20.0. The van der Waals surface area contributed by atoms with E-state index in [2.05, 4.69) is 17.5 Å². The Morgan fingerprint density at radius 2 is 1.79 bits per heavy atom. The molecule has 1 saturated heterocycles. The molecule has 8 nitrogen and oxygen atoms in total. The van der Waals surface area contributed by atoms with Gasteiger partial charge in [0, 0.05) is 31.2 Å². The van der Waals surface area contributed by atoms with Crippen LogP contribution in [0.25, 0.3) is 0 Å². The van der Waals surface area contributed by atoms with Crippen molar-refractivity contribution in [2.24, 2.45) is 5.73 Å². The van der Waals surface area contributed by atoms with E-state index in [0.29, 0.717) is 0 Å². The number of benzene rings is 1. The topological polar surface area (TPSA) is 113 Å². The molecule has 0 saturated carbocycles. The summed E-state index contributed by atoms with van der Waals surface area (Å²) in [5.74, 6) is -2.00. The minimum Gasteiger partial charge on any atom is -0.370 e. The van der Waals surface area contributed by atoms with Gasteiger partial charge >= 0.3 is 0 Å². The number of nitrogens with one attached hydrogen (secondary N) is 1. The van der Waals surface area contributed by atoms with E-state index in [1.807, 2.05) is 11.9 Å². The number of likely N-dealkylation sites (N-methyl/N-ethyl adjacent to an activating group) is 1. The molecule has 0 bridgehead atoms. The summed E-state index contributed by atoms with van der Waals surface area (Å²) < 4.78 is 0. The molecule has 28 heavy (non-hydrogen) atoms. The summed E-state index contributed by atoms with van der Waals surface area (Å²) in [6.45, 7) is 0. The third kappa shape index (κ3) is 2.90. The summed E-state index contributed by atoms with van der Waals surface area (Å²) in [5, 5.41) is 2.20. The highest BCUT2D eigenvalue weighted by atomic mass is 16.2. The molecule has 2 aliphatic heterocycles. The van der Waals surface area contributed by atoms with Crippen LogP contribution in [0.3, 0.4) is 0 Å². The standard InChI is InChI=1S/C20H22N4O4/c1-23(15-5-3-2-4-14(15)21)11-6-7-12-13(10-11)20(28)24(19(12)27)16-8-9-17(25)22-18(16)26/h2-3,6-7,10,14-16H,4-5,8-9,21H2,1H3,(H,22,25,26)/t14-,15-,16?/m0/s1. The molecule has 3 atom stereocenters. The smallest absolute Gasteiger partial charge is 0.262 e. The fraction of sp³-hybridized carbons (Fsp3) is 0.400. The van der Waals surface area contributed by atoms with E-state index in [1.165, 1.54) is 0 Å². The SMILES string of the molecule is CN(c1ccc2c(c1)C(=O)N(C1CCC(=O)NC1=O)C2=O)[C@H]1CC=CC[C@@H]1N. The van der Waals surface area contributed by atoms with Gasteiger partial charge in [-0.25, -0.2) is 0 Å². The Hall–Kier alpha value is -3.00. The van der Waals surface area contributed by atoms with Gasteiger partial charge in [0.05, 0.1) is 11.1 Å². The Morgan fingerprint density at radius 3 is 2.50 bits per heavy atom. The first kappa shape index (κ1) is 18.4. The fourth-order valence-electron chi connectivity index (χ4n) is 4.14. The van der Waals surface area contributed by atoms with Gasteiger partial charge in [-0.3, -0.25) is 29.4 Å². The molecule has 3 N–H and O–H groups in total. The summed E-state index contributed by atoms with van der Waals surface area (Å²) in [5.41, 5.74) is 7.58. The number of imide groups is 2. The van der Waals surface area contributed by atoms with E-state index in [-0.39, 0.29) is 42.0 Å². The second-order valence-electron chi connectivity index (χ2n) is 7.46. The molecular formula is C20H22N4O4. The number of hydrogen-bond acceptors (Lipinski definition) is 6. The van der Waals surface area contributed by atoms with Gasteiger partial charge in [0.15, 0.2) is 0 Å². The van der Waals surface area contributed by atoms with Crippen LogP contribution in [-0.4, -0.2) is 53.7 Å². The zero-order valence-corrected chi connectivity index (χ0v) is 15.6. The van der Waals surface area contributed by atoms with Crippen molar-refractivity contribution in [3.05, 3.63) is 41.5 Å². The molecule has 1 aliphatic carbocycles. The molecule has 3 aliphatic rings. The first-order valence-electron chi connectivity index (χ1n) is 9.37. The minimum absolute atomic E-state index is 0.0134. The van der Waals surface area contributed by atoms with Crippen LogP contribution in [0.1, 0.15) is 46.4 Å². The van der Waals surface area contributed by atoms with Crippen LogP contribution in [-0.2, 0) is 9.59 Å². The van der Waals surface area contributed by atoms with Crippen molar-refractivity contribution in [2.75, 3.05) is 11.9 Å². The van der Waals surface area contributed by atoms with Crippen molar-refractivity contribution in [2.45, 2.75) is 43.8 Å². The second-order valence-corrected chi connectivity index (χ2v) is 7.46. The van der Waals surface area contributed by atoms with E-state index in [9.17, 15) is 19.2 Å². The lowest BCUT2D eigenvalue weighted by Gasteiger charge is -2.35. The van der Waals surface area contributed by atoms with Crippen LogP contribution in [0.2, 0.25) is 0 Å². The lowest BCUT2D eigenvalue weighted by Crippen LogP contribution is -2.54. The van der Waals surface area contributed by atoms with Crippen molar-refractivity contribution in [3.63, 3.8) is 0 Å². The van der Waals surface area contributed by atoms with Gasteiger partial charge in [0.1, 0.15) is 6.04 Å². The zero-order valence-electron chi connectivity index (χ0n) is 15.6. The summed E-state index contributed by atoms with van der Waals surface area (Å²) >= 11 is 0. The van der Waals surface area contributed by atoms with Crippen LogP contribution in [0.4, 0.5) is 5.69 Å². The molecule has 0 radical (unpaired) electrons. The van der Waals surface area contributed by atoms with Gasteiger partial charge in [0.2, 0.25) is 11.8 Å². The van der Waals surface area contributed by atoms with Crippen LogP contribution < -0.4 is 16.0 Å². The molecule has 4 rings (SSSR count). The number of carbonyl (C=O) groups excluding carboxylic acids is 4. The fourth-order valence-corrected chi connectivity index (χ4v) is 4.14. The lowest BCUT2D eigenvalue weighted by atomic mass is 9.95. The Labute approximate surface area is 162 Å². The molecule has 0 spiro atoms. The van der Waals surface area contributed by atoms with Crippen molar-refractivity contribution in [1.29, 1.82) is 0 Å². The lowest BCUT2D eigenvalue weighted by molar-refractivity contribution is -0.136. The molecular weight excluding hydrogens is 360 g/mol. The first-order chi connectivity index (χ1) is 13.4. The van der Waals surface area contributed by atoms with Crippen LogP contribution in [0.15, 0.2) is 30.4 Å². The maximum absolute atomic E-state index is 12.9. The van der Waals surface area contributed by atoms with Crippen molar-refractivity contribution in [1.82, 2.24) is 10.2 Å². The van der Waals surface area contributed by atoms with Gasteiger partial charge in [-0.1, -0.05) is 12.2 Å². The van der Waals surface area contributed by atoms with Gasteiger partial charge in [-0.2, -0.15) is 0 Å². The molecule has 1 aromatic rings. The van der Waals surface area contributed by atoms with E-state index in [4.69, 9.17) is 5.73 Å². The molecule has 2 heterocycles. The Balaban J connectivity index is 1.61. The van der Waals surface area contributed by atoms with E-state index < -0.39 is 23.8 Å². The number of nitrogens with zero attached hydrogens (tertiary/aromatic N) is 2. The van der Waals surface area contributed by atoms with E-state index >= 15 is 0 Å². The number of rotatable bonds is 3. The normalized spacial score (nSPS) is 27.1. The summed E-state index contributed by atoms with van der Waals surface area (Å²) in [4.78, 5) is 52.2. The number of fused-ring (bicyclic) bond motifs is 1. The van der Waals surface area contributed by atoms with Gasteiger partial charge in [0.25, 0.3) is 11.8 Å². The molecule has 1 aromatic carbocycles. The highest BCUT2D eigenvalue weighted by Crippen LogP contribution is 2.31. The van der Waals surface area contributed by atoms with Crippen LogP contribution >= 0.6 is 0 Å². The molecule has 146 valence electrons. The maximum atomic E-state index is 12.9. The quantitative estimate of drug-likeness (QED) is 0.584. The minimum atomic E-state index is -0.955. The van der Waals surface area contributed by atoms with Gasteiger partial charge < -0.3 is 10.6 Å². The number of carbonyl (C=O) groups is 4.